The fourth-order valence-electron chi connectivity index (χ4n) is 2.72. The minimum Gasteiger partial charge on any atom is -0.481 e. The quantitative estimate of drug-likeness (QED) is 0.906. The van der Waals surface area contributed by atoms with E-state index in [9.17, 15) is 9.59 Å². The number of nitrogens with zero attached hydrogens (tertiary/aromatic N) is 1. The first-order valence-corrected chi connectivity index (χ1v) is 7.68. The molecule has 5 heteroatoms. The van der Waals surface area contributed by atoms with Gasteiger partial charge in [-0.3, -0.25) is 9.59 Å². The number of benzene rings is 1. The molecule has 0 aromatic heterocycles. The Morgan fingerprint density at radius 1 is 1.32 bits per heavy atom. The van der Waals surface area contributed by atoms with E-state index < -0.39 is 18.0 Å². The summed E-state index contributed by atoms with van der Waals surface area (Å²) in [4.78, 5) is 25.3. The fraction of sp³-hybridized carbons (Fsp3) is 0.529. The SMILES string of the molecule is CC(OCc1ccccc1)C(=O)N1CC(C(=O)O)CCC1C. The Bertz CT molecular complexity index is 517. The topological polar surface area (TPSA) is 66.8 Å². The van der Waals surface area contributed by atoms with Crippen molar-refractivity contribution in [2.75, 3.05) is 6.54 Å². The lowest BCUT2D eigenvalue weighted by Gasteiger charge is -2.37. The van der Waals surface area contributed by atoms with Gasteiger partial charge in [0.25, 0.3) is 5.91 Å². The number of carboxylic acid groups (broad SMARTS) is 1. The van der Waals surface area contributed by atoms with Gasteiger partial charge in [0, 0.05) is 12.6 Å². The highest BCUT2D eigenvalue weighted by molar-refractivity contribution is 5.82. The summed E-state index contributed by atoms with van der Waals surface area (Å²) >= 11 is 0. The van der Waals surface area contributed by atoms with E-state index >= 15 is 0 Å². The van der Waals surface area contributed by atoms with E-state index in [-0.39, 0.29) is 18.5 Å². The molecule has 0 spiro atoms. The molecule has 1 N–H and O–H groups in total. The number of likely N-dealkylation sites (tertiary alicyclic amines) is 1. The van der Waals surface area contributed by atoms with Crippen molar-refractivity contribution in [1.82, 2.24) is 4.90 Å². The molecule has 1 saturated heterocycles. The number of ether oxygens (including phenoxy) is 1. The molecule has 0 aliphatic carbocycles. The maximum atomic E-state index is 12.5. The molecule has 22 heavy (non-hydrogen) atoms. The number of hydrogen-bond acceptors (Lipinski definition) is 3. The van der Waals surface area contributed by atoms with Crippen LogP contribution in [0.4, 0.5) is 0 Å². The van der Waals surface area contributed by atoms with Crippen molar-refractivity contribution in [2.45, 2.75) is 45.4 Å². The second-order valence-electron chi connectivity index (χ2n) is 5.89. The van der Waals surface area contributed by atoms with Crippen molar-refractivity contribution >= 4 is 11.9 Å². The van der Waals surface area contributed by atoms with Crippen LogP contribution < -0.4 is 0 Å². The van der Waals surface area contributed by atoms with E-state index in [0.717, 1.165) is 5.56 Å². The molecule has 1 aromatic rings. The lowest BCUT2D eigenvalue weighted by Crippen LogP contribution is -2.50. The molecule has 3 atom stereocenters. The average molecular weight is 305 g/mol. The summed E-state index contributed by atoms with van der Waals surface area (Å²) < 4.78 is 5.65. The molecule has 0 bridgehead atoms. The zero-order valence-corrected chi connectivity index (χ0v) is 13.1. The van der Waals surface area contributed by atoms with E-state index in [4.69, 9.17) is 9.84 Å². The normalized spacial score (nSPS) is 23.1. The zero-order chi connectivity index (χ0) is 16.1. The summed E-state index contributed by atoms with van der Waals surface area (Å²) in [6.07, 6.45) is 0.767. The summed E-state index contributed by atoms with van der Waals surface area (Å²) in [7, 11) is 0. The van der Waals surface area contributed by atoms with Crippen LogP contribution in [0.5, 0.6) is 0 Å². The molecule has 5 nitrogen and oxygen atoms in total. The van der Waals surface area contributed by atoms with Crippen LogP contribution >= 0.6 is 0 Å². The van der Waals surface area contributed by atoms with E-state index in [0.29, 0.717) is 19.4 Å². The number of carbonyl (C=O) groups excluding carboxylic acids is 1. The van der Waals surface area contributed by atoms with Crippen molar-refractivity contribution in [3.8, 4) is 0 Å². The first-order chi connectivity index (χ1) is 10.5. The summed E-state index contributed by atoms with van der Waals surface area (Å²) in [6, 6.07) is 9.73. The lowest BCUT2D eigenvalue weighted by molar-refractivity contribution is -0.152. The number of amides is 1. The monoisotopic (exact) mass is 305 g/mol. The number of aliphatic carboxylic acids is 1. The molecule has 0 radical (unpaired) electrons. The number of piperidine rings is 1. The minimum absolute atomic E-state index is 0.0610. The Kier molecular flexibility index (Phi) is 5.55. The van der Waals surface area contributed by atoms with Crippen LogP contribution in [0.2, 0.25) is 0 Å². The van der Waals surface area contributed by atoms with Crippen LogP contribution in [-0.2, 0) is 20.9 Å². The summed E-state index contributed by atoms with van der Waals surface area (Å²) in [5.74, 6) is -1.43. The largest absolute Gasteiger partial charge is 0.481 e. The second-order valence-corrected chi connectivity index (χ2v) is 5.89. The van der Waals surface area contributed by atoms with Gasteiger partial charge < -0.3 is 14.7 Å². The van der Waals surface area contributed by atoms with E-state index in [1.807, 2.05) is 37.3 Å². The Labute approximate surface area is 130 Å². The van der Waals surface area contributed by atoms with Crippen LogP contribution in [-0.4, -0.2) is 40.6 Å². The van der Waals surface area contributed by atoms with Crippen molar-refractivity contribution in [3.05, 3.63) is 35.9 Å². The number of rotatable bonds is 5. The molecule has 2 rings (SSSR count). The van der Waals surface area contributed by atoms with Crippen LogP contribution in [0.15, 0.2) is 30.3 Å². The standard InChI is InChI=1S/C17H23NO4/c1-12-8-9-15(17(20)21)10-18(12)16(19)13(2)22-11-14-6-4-3-5-7-14/h3-7,12-13,15H,8-11H2,1-2H3,(H,20,21). The Balaban J connectivity index is 1.92. The molecule has 1 amide bonds. The molecule has 1 heterocycles. The minimum atomic E-state index is -0.831. The molecule has 0 saturated carbocycles. The Hall–Kier alpha value is -1.88. The average Bonchev–Trinajstić information content (AvgIpc) is 2.53. The summed E-state index contributed by atoms with van der Waals surface area (Å²) in [5.41, 5.74) is 1.01. The molecular formula is C17H23NO4. The third-order valence-corrected chi connectivity index (χ3v) is 4.20. The lowest BCUT2D eigenvalue weighted by atomic mass is 9.93. The van der Waals surface area contributed by atoms with Crippen molar-refractivity contribution in [1.29, 1.82) is 0 Å². The molecule has 1 fully saturated rings. The maximum absolute atomic E-state index is 12.5. The van der Waals surface area contributed by atoms with Crippen molar-refractivity contribution < 1.29 is 19.4 Å². The first-order valence-electron chi connectivity index (χ1n) is 7.68. The molecule has 1 aliphatic rings. The van der Waals surface area contributed by atoms with Gasteiger partial charge >= 0.3 is 5.97 Å². The highest BCUT2D eigenvalue weighted by atomic mass is 16.5. The summed E-state index contributed by atoms with van der Waals surface area (Å²) in [6.45, 7) is 4.33. The van der Waals surface area contributed by atoms with Gasteiger partial charge in [-0.15, -0.1) is 0 Å². The number of carboxylic acids is 1. The van der Waals surface area contributed by atoms with Crippen molar-refractivity contribution in [2.24, 2.45) is 5.92 Å². The summed E-state index contributed by atoms with van der Waals surface area (Å²) in [5, 5.41) is 9.15. The van der Waals surface area contributed by atoms with Gasteiger partial charge in [-0.05, 0) is 32.3 Å². The maximum Gasteiger partial charge on any atom is 0.308 e. The van der Waals surface area contributed by atoms with E-state index in [1.54, 1.807) is 11.8 Å². The fourth-order valence-corrected chi connectivity index (χ4v) is 2.72. The van der Waals surface area contributed by atoms with Crippen LogP contribution in [0, 0.1) is 5.92 Å². The number of carbonyl (C=O) groups is 2. The van der Waals surface area contributed by atoms with Gasteiger partial charge in [-0.2, -0.15) is 0 Å². The molecule has 1 aromatic carbocycles. The van der Waals surface area contributed by atoms with E-state index in [2.05, 4.69) is 0 Å². The van der Waals surface area contributed by atoms with Crippen LogP contribution in [0.1, 0.15) is 32.3 Å². The molecular weight excluding hydrogens is 282 g/mol. The van der Waals surface area contributed by atoms with Crippen LogP contribution in [0.25, 0.3) is 0 Å². The zero-order valence-electron chi connectivity index (χ0n) is 13.1. The number of hydrogen-bond donors (Lipinski definition) is 1. The smallest absolute Gasteiger partial charge is 0.308 e. The van der Waals surface area contributed by atoms with Gasteiger partial charge in [0.2, 0.25) is 0 Å². The predicted molar refractivity (Wildman–Crippen MR) is 82.2 cm³/mol. The Morgan fingerprint density at radius 3 is 2.64 bits per heavy atom. The Morgan fingerprint density at radius 2 is 2.00 bits per heavy atom. The van der Waals surface area contributed by atoms with Crippen LogP contribution in [0.3, 0.4) is 0 Å². The molecule has 1 aliphatic heterocycles. The van der Waals surface area contributed by atoms with E-state index in [1.165, 1.54) is 0 Å². The van der Waals surface area contributed by atoms with Gasteiger partial charge in [0.05, 0.1) is 12.5 Å². The molecule has 3 unspecified atom stereocenters. The highest BCUT2D eigenvalue weighted by Gasteiger charge is 2.34. The van der Waals surface area contributed by atoms with Gasteiger partial charge in [0.1, 0.15) is 6.10 Å². The predicted octanol–water partition coefficient (Wildman–Crippen LogP) is 2.30. The van der Waals surface area contributed by atoms with Gasteiger partial charge in [0.15, 0.2) is 0 Å². The second kappa shape index (κ2) is 7.40. The van der Waals surface area contributed by atoms with Gasteiger partial charge in [-0.1, -0.05) is 30.3 Å². The first kappa shape index (κ1) is 16.5. The van der Waals surface area contributed by atoms with Crippen molar-refractivity contribution in [3.63, 3.8) is 0 Å². The third kappa shape index (κ3) is 4.07. The van der Waals surface area contributed by atoms with Gasteiger partial charge in [-0.25, -0.2) is 0 Å². The molecule has 120 valence electrons. The highest BCUT2D eigenvalue weighted by Crippen LogP contribution is 2.23. The third-order valence-electron chi connectivity index (χ3n) is 4.20.